The van der Waals surface area contributed by atoms with Crippen molar-refractivity contribution in [2.24, 2.45) is 5.92 Å². The van der Waals surface area contributed by atoms with Crippen LogP contribution in [0.25, 0.3) is 0 Å². The number of carbonyl (C=O) groups excluding carboxylic acids is 1. The SMILES string of the molecule is CCC(CC)C(Cl)c1ccc2c(c1)NC(=O)CO2. The Kier molecular flexibility index (Phi) is 4.12. The van der Waals surface area contributed by atoms with Crippen LogP contribution in [0.1, 0.15) is 37.6 Å². The first-order valence-corrected chi connectivity index (χ1v) is 6.80. The minimum Gasteiger partial charge on any atom is -0.482 e. The van der Waals surface area contributed by atoms with E-state index < -0.39 is 0 Å². The Morgan fingerprint density at radius 2 is 2.11 bits per heavy atom. The molecule has 0 saturated carbocycles. The van der Waals surface area contributed by atoms with Gasteiger partial charge in [0.15, 0.2) is 6.61 Å². The summed E-state index contributed by atoms with van der Waals surface area (Å²) in [5.41, 5.74) is 1.76. The van der Waals surface area contributed by atoms with E-state index in [1.807, 2.05) is 18.2 Å². The Hall–Kier alpha value is -1.22. The highest BCUT2D eigenvalue weighted by atomic mass is 35.5. The van der Waals surface area contributed by atoms with Crippen LogP contribution in [0.4, 0.5) is 5.69 Å². The van der Waals surface area contributed by atoms with E-state index in [0.717, 1.165) is 24.1 Å². The van der Waals surface area contributed by atoms with Gasteiger partial charge in [0, 0.05) is 0 Å². The molecule has 0 fully saturated rings. The Morgan fingerprint density at radius 1 is 1.39 bits per heavy atom. The monoisotopic (exact) mass is 267 g/mol. The van der Waals surface area contributed by atoms with E-state index in [2.05, 4.69) is 19.2 Å². The molecule has 1 unspecified atom stereocenters. The van der Waals surface area contributed by atoms with Crippen molar-refractivity contribution in [3.05, 3.63) is 23.8 Å². The number of benzene rings is 1. The molecule has 98 valence electrons. The van der Waals surface area contributed by atoms with Gasteiger partial charge in [-0.1, -0.05) is 32.8 Å². The molecule has 1 aromatic carbocycles. The van der Waals surface area contributed by atoms with Gasteiger partial charge in [-0.05, 0) is 23.6 Å². The lowest BCUT2D eigenvalue weighted by Gasteiger charge is -2.23. The molecular formula is C14H18ClNO2. The van der Waals surface area contributed by atoms with Crippen LogP contribution >= 0.6 is 11.6 Å². The van der Waals surface area contributed by atoms with E-state index in [0.29, 0.717) is 11.7 Å². The Balaban J connectivity index is 2.25. The minimum atomic E-state index is -0.117. The summed E-state index contributed by atoms with van der Waals surface area (Å²) in [7, 11) is 0. The van der Waals surface area contributed by atoms with E-state index in [1.165, 1.54) is 0 Å². The van der Waals surface area contributed by atoms with Crippen LogP contribution in [-0.2, 0) is 4.79 Å². The van der Waals surface area contributed by atoms with Crippen LogP contribution in [0, 0.1) is 5.92 Å². The maximum Gasteiger partial charge on any atom is 0.262 e. The molecule has 2 rings (SSSR count). The molecule has 3 nitrogen and oxygen atoms in total. The second-order valence-corrected chi connectivity index (χ2v) is 5.04. The molecule has 1 atom stereocenters. The number of ether oxygens (including phenoxy) is 1. The van der Waals surface area contributed by atoms with E-state index >= 15 is 0 Å². The van der Waals surface area contributed by atoms with Crippen molar-refractivity contribution < 1.29 is 9.53 Å². The van der Waals surface area contributed by atoms with E-state index in [-0.39, 0.29) is 17.9 Å². The van der Waals surface area contributed by atoms with Crippen LogP contribution in [0.15, 0.2) is 18.2 Å². The van der Waals surface area contributed by atoms with Gasteiger partial charge in [0.05, 0.1) is 11.1 Å². The third-order valence-electron chi connectivity index (χ3n) is 3.42. The molecule has 0 radical (unpaired) electrons. The maximum atomic E-state index is 11.3. The van der Waals surface area contributed by atoms with Gasteiger partial charge < -0.3 is 10.1 Å². The second-order valence-electron chi connectivity index (χ2n) is 4.57. The quantitative estimate of drug-likeness (QED) is 0.844. The third kappa shape index (κ3) is 2.61. The molecule has 18 heavy (non-hydrogen) atoms. The molecule has 0 aliphatic carbocycles. The molecule has 1 N–H and O–H groups in total. The van der Waals surface area contributed by atoms with Crippen molar-refractivity contribution >= 4 is 23.2 Å². The number of carbonyl (C=O) groups is 1. The first-order valence-electron chi connectivity index (χ1n) is 6.36. The third-order valence-corrected chi connectivity index (χ3v) is 4.03. The first-order chi connectivity index (χ1) is 8.65. The number of amides is 1. The number of hydrogen-bond donors (Lipinski definition) is 1. The lowest BCUT2D eigenvalue weighted by molar-refractivity contribution is -0.118. The molecular weight excluding hydrogens is 250 g/mol. The van der Waals surface area contributed by atoms with Gasteiger partial charge in [0.1, 0.15) is 5.75 Å². The van der Waals surface area contributed by atoms with Crippen LogP contribution in [-0.4, -0.2) is 12.5 Å². The smallest absolute Gasteiger partial charge is 0.262 e. The van der Waals surface area contributed by atoms with E-state index in [1.54, 1.807) is 0 Å². The lowest BCUT2D eigenvalue weighted by atomic mass is 9.93. The van der Waals surface area contributed by atoms with E-state index in [9.17, 15) is 4.79 Å². The van der Waals surface area contributed by atoms with Crippen LogP contribution in [0.3, 0.4) is 0 Å². The highest BCUT2D eigenvalue weighted by Gasteiger charge is 2.21. The zero-order valence-corrected chi connectivity index (χ0v) is 11.5. The summed E-state index contributed by atoms with van der Waals surface area (Å²) in [6.45, 7) is 4.38. The summed E-state index contributed by atoms with van der Waals surface area (Å²) in [5, 5.41) is 2.78. The van der Waals surface area contributed by atoms with Gasteiger partial charge in [0.2, 0.25) is 0 Å². The first kappa shape index (κ1) is 13.2. The molecule has 1 heterocycles. The summed E-state index contributed by atoms with van der Waals surface area (Å²) in [4.78, 5) is 11.3. The molecule has 0 spiro atoms. The zero-order valence-electron chi connectivity index (χ0n) is 10.7. The minimum absolute atomic E-state index is 0.0240. The summed E-state index contributed by atoms with van der Waals surface area (Å²) >= 11 is 6.50. The van der Waals surface area contributed by atoms with Crippen LogP contribution in [0.5, 0.6) is 5.75 Å². The fourth-order valence-corrected chi connectivity index (χ4v) is 2.74. The van der Waals surface area contributed by atoms with Gasteiger partial charge in [-0.25, -0.2) is 0 Å². The number of anilines is 1. The topological polar surface area (TPSA) is 38.3 Å². The standard InChI is InChI=1S/C14H18ClNO2/c1-3-9(4-2)14(15)10-5-6-12-11(7-10)16-13(17)8-18-12/h5-7,9,14H,3-4,8H2,1-2H3,(H,16,17). The van der Waals surface area contributed by atoms with Crippen molar-refractivity contribution in [2.45, 2.75) is 32.1 Å². The fraction of sp³-hybridized carbons (Fsp3) is 0.500. The van der Waals surface area contributed by atoms with Gasteiger partial charge in [0.25, 0.3) is 5.91 Å². The predicted octanol–water partition coefficient (Wildman–Crippen LogP) is 3.73. The lowest BCUT2D eigenvalue weighted by Crippen LogP contribution is -2.25. The molecule has 4 heteroatoms. The predicted molar refractivity (Wildman–Crippen MR) is 73.2 cm³/mol. The van der Waals surface area contributed by atoms with Crippen LogP contribution in [0.2, 0.25) is 0 Å². The van der Waals surface area contributed by atoms with Gasteiger partial charge in [-0.15, -0.1) is 11.6 Å². The zero-order chi connectivity index (χ0) is 13.1. The highest BCUT2D eigenvalue weighted by molar-refractivity contribution is 6.21. The molecule has 1 aliphatic rings. The molecule has 0 saturated heterocycles. The highest BCUT2D eigenvalue weighted by Crippen LogP contribution is 2.37. The normalized spacial score (nSPS) is 15.9. The molecule has 0 aromatic heterocycles. The molecule has 0 bridgehead atoms. The van der Waals surface area contributed by atoms with Gasteiger partial charge in [-0.3, -0.25) is 4.79 Å². The summed E-state index contributed by atoms with van der Waals surface area (Å²) in [6.07, 6.45) is 2.09. The average molecular weight is 268 g/mol. The van der Waals surface area contributed by atoms with Gasteiger partial charge in [-0.2, -0.15) is 0 Å². The van der Waals surface area contributed by atoms with Crippen molar-refractivity contribution in [2.75, 3.05) is 11.9 Å². The van der Waals surface area contributed by atoms with E-state index in [4.69, 9.17) is 16.3 Å². The van der Waals surface area contributed by atoms with Crippen LogP contribution < -0.4 is 10.1 Å². The molecule has 1 amide bonds. The van der Waals surface area contributed by atoms with Crippen molar-refractivity contribution in [3.8, 4) is 5.75 Å². The average Bonchev–Trinajstić information content (AvgIpc) is 2.39. The molecule has 1 aliphatic heterocycles. The van der Waals surface area contributed by atoms with Gasteiger partial charge >= 0.3 is 0 Å². The Morgan fingerprint density at radius 3 is 2.78 bits per heavy atom. The summed E-state index contributed by atoms with van der Waals surface area (Å²) < 4.78 is 5.33. The maximum absolute atomic E-state index is 11.3. The number of alkyl halides is 1. The number of halogens is 1. The van der Waals surface area contributed by atoms with Crippen molar-refractivity contribution in [1.82, 2.24) is 0 Å². The second kappa shape index (κ2) is 5.61. The van der Waals surface area contributed by atoms with Crippen molar-refractivity contribution in [1.29, 1.82) is 0 Å². The summed E-state index contributed by atoms with van der Waals surface area (Å²) in [6, 6.07) is 5.77. The Bertz CT molecular complexity index is 443. The number of nitrogens with one attached hydrogen (secondary N) is 1. The summed E-state index contributed by atoms with van der Waals surface area (Å²) in [5.74, 6) is 1.05. The number of rotatable bonds is 4. The number of hydrogen-bond acceptors (Lipinski definition) is 2. The number of fused-ring (bicyclic) bond motifs is 1. The fourth-order valence-electron chi connectivity index (χ4n) is 2.25. The Labute approximate surface area is 112 Å². The largest absolute Gasteiger partial charge is 0.482 e. The van der Waals surface area contributed by atoms with Crippen molar-refractivity contribution in [3.63, 3.8) is 0 Å². The molecule has 1 aromatic rings.